The number of methoxy groups -OCH3 is 1. The van der Waals surface area contributed by atoms with Crippen molar-refractivity contribution in [1.82, 2.24) is 5.32 Å². The minimum Gasteiger partial charge on any atom is -0.497 e. The van der Waals surface area contributed by atoms with Crippen LogP contribution in [0.1, 0.15) is 83.1 Å². The fraction of sp³-hybridized carbons (Fsp3) is 0.419. The molecule has 3 aliphatic rings. The van der Waals surface area contributed by atoms with Crippen LogP contribution in [-0.4, -0.2) is 26.9 Å². The Labute approximate surface area is 224 Å². The standard InChI is InChI=1S/C31H37N3O4/c1-18(2)19-8-9-23-24(10-19)27(32)15-38-31(23)34-30-17-37-14-26-25(30)11-21(35-3)12-28(26)33-29-16-36-13-20-6-4-5-7-22(20)29/h4-12,18,27,29-31,33-34H,13-17,32H2,1-3H3. The summed E-state index contributed by atoms with van der Waals surface area (Å²) in [7, 11) is 1.71. The van der Waals surface area contributed by atoms with Crippen molar-refractivity contribution in [3.63, 3.8) is 0 Å². The molecular formula is C31H37N3O4. The molecule has 200 valence electrons. The van der Waals surface area contributed by atoms with Crippen LogP contribution in [0.4, 0.5) is 5.69 Å². The molecular weight excluding hydrogens is 478 g/mol. The SMILES string of the molecule is COc1cc(NC2COCc3ccccc32)c2c(c1)C(NC1OCC(N)c3cc(C(C)C)ccc31)COC2. The third-order valence-corrected chi connectivity index (χ3v) is 7.96. The first-order valence-corrected chi connectivity index (χ1v) is 13.5. The van der Waals surface area contributed by atoms with Gasteiger partial charge in [-0.1, -0.05) is 56.3 Å². The highest BCUT2D eigenvalue weighted by molar-refractivity contribution is 5.61. The maximum absolute atomic E-state index is 6.46. The van der Waals surface area contributed by atoms with Crippen molar-refractivity contribution in [2.75, 3.05) is 32.2 Å². The van der Waals surface area contributed by atoms with E-state index in [0.717, 1.165) is 33.7 Å². The van der Waals surface area contributed by atoms with Crippen molar-refractivity contribution in [2.24, 2.45) is 5.73 Å². The van der Waals surface area contributed by atoms with Crippen LogP contribution in [-0.2, 0) is 27.4 Å². The minimum atomic E-state index is -0.271. The van der Waals surface area contributed by atoms with Crippen LogP contribution in [0.25, 0.3) is 0 Å². The molecule has 0 amide bonds. The molecule has 0 saturated carbocycles. The second-order valence-electron chi connectivity index (χ2n) is 10.8. The van der Waals surface area contributed by atoms with Crippen LogP contribution in [0.3, 0.4) is 0 Å². The van der Waals surface area contributed by atoms with E-state index in [2.05, 4.69) is 79.1 Å². The van der Waals surface area contributed by atoms with Gasteiger partial charge in [0.05, 0.1) is 58.3 Å². The first-order valence-electron chi connectivity index (χ1n) is 13.5. The average molecular weight is 516 g/mol. The predicted molar refractivity (Wildman–Crippen MR) is 147 cm³/mol. The average Bonchev–Trinajstić information content (AvgIpc) is 2.94. The number of nitrogens with two attached hydrogens (primary N) is 1. The van der Waals surface area contributed by atoms with Crippen LogP contribution in [0.15, 0.2) is 54.6 Å². The van der Waals surface area contributed by atoms with E-state index in [4.69, 9.17) is 24.7 Å². The first kappa shape index (κ1) is 25.3. The van der Waals surface area contributed by atoms with E-state index < -0.39 is 0 Å². The Bertz CT molecular complexity index is 1310. The van der Waals surface area contributed by atoms with E-state index in [1.54, 1.807) is 7.11 Å². The molecule has 0 bridgehead atoms. The molecule has 3 aromatic carbocycles. The molecule has 0 aromatic heterocycles. The normalized spacial score (nSPS) is 24.3. The van der Waals surface area contributed by atoms with Gasteiger partial charge in [0.2, 0.25) is 0 Å². The number of rotatable bonds is 6. The minimum absolute atomic E-state index is 0.0506. The van der Waals surface area contributed by atoms with Crippen molar-refractivity contribution in [3.05, 3.63) is 93.5 Å². The Hall–Kier alpha value is -2.94. The summed E-state index contributed by atoms with van der Waals surface area (Å²) in [4.78, 5) is 0. The fourth-order valence-corrected chi connectivity index (χ4v) is 5.79. The summed E-state index contributed by atoms with van der Waals surface area (Å²) in [6.07, 6.45) is -0.271. The number of ether oxygens (including phenoxy) is 4. The maximum atomic E-state index is 6.46. The molecule has 4 unspecified atom stereocenters. The summed E-state index contributed by atoms with van der Waals surface area (Å²) in [5.41, 5.74) is 15.8. The molecule has 0 spiro atoms. The van der Waals surface area contributed by atoms with Crippen LogP contribution in [0.5, 0.6) is 5.75 Å². The predicted octanol–water partition coefficient (Wildman–Crippen LogP) is 5.39. The molecule has 0 aliphatic carbocycles. The lowest BCUT2D eigenvalue weighted by Crippen LogP contribution is -2.38. The molecule has 7 heteroatoms. The molecule has 0 fully saturated rings. The Morgan fingerprint density at radius 3 is 2.53 bits per heavy atom. The highest BCUT2D eigenvalue weighted by atomic mass is 16.5. The molecule has 3 aliphatic heterocycles. The lowest BCUT2D eigenvalue weighted by atomic mass is 9.91. The van der Waals surface area contributed by atoms with E-state index >= 15 is 0 Å². The van der Waals surface area contributed by atoms with Gasteiger partial charge in [0.15, 0.2) is 0 Å². The number of hydrogen-bond acceptors (Lipinski definition) is 7. The number of nitrogens with one attached hydrogen (secondary N) is 2. The van der Waals surface area contributed by atoms with Gasteiger partial charge in [-0.25, -0.2) is 0 Å². The molecule has 0 radical (unpaired) electrons. The topological polar surface area (TPSA) is 87.0 Å². The van der Waals surface area contributed by atoms with Gasteiger partial charge in [-0.15, -0.1) is 0 Å². The lowest BCUT2D eigenvalue weighted by Gasteiger charge is -2.36. The molecule has 4 atom stereocenters. The van der Waals surface area contributed by atoms with Gasteiger partial charge in [-0.05, 0) is 39.8 Å². The number of anilines is 1. The van der Waals surface area contributed by atoms with Gasteiger partial charge in [-0.2, -0.15) is 0 Å². The fourth-order valence-electron chi connectivity index (χ4n) is 5.79. The molecule has 6 rings (SSSR count). The zero-order valence-electron chi connectivity index (χ0n) is 22.3. The second-order valence-corrected chi connectivity index (χ2v) is 10.8. The summed E-state index contributed by atoms with van der Waals surface area (Å²) in [5.74, 6) is 1.25. The quantitative estimate of drug-likeness (QED) is 0.406. The summed E-state index contributed by atoms with van der Waals surface area (Å²) in [5, 5.41) is 7.47. The third-order valence-electron chi connectivity index (χ3n) is 7.96. The molecule has 3 heterocycles. The van der Waals surface area contributed by atoms with Crippen molar-refractivity contribution in [2.45, 2.75) is 57.3 Å². The maximum Gasteiger partial charge on any atom is 0.135 e. The highest BCUT2D eigenvalue weighted by Gasteiger charge is 2.32. The summed E-state index contributed by atoms with van der Waals surface area (Å²) in [6.45, 7) is 7.20. The lowest BCUT2D eigenvalue weighted by molar-refractivity contribution is -0.0172. The molecule has 4 N–H and O–H groups in total. The second kappa shape index (κ2) is 10.7. The summed E-state index contributed by atoms with van der Waals surface area (Å²) < 4.78 is 24.0. The smallest absolute Gasteiger partial charge is 0.135 e. The van der Waals surface area contributed by atoms with Gasteiger partial charge < -0.3 is 30.0 Å². The van der Waals surface area contributed by atoms with Crippen LogP contribution in [0, 0.1) is 0 Å². The van der Waals surface area contributed by atoms with Crippen LogP contribution < -0.4 is 21.1 Å². The molecule has 3 aromatic rings. The number of benzene rings is 3. The van der Waals surface area contributed by atoms with Crippen LogP contribution >= 0.6 is 0 Å². The molecule has 38 heavy (non-hydrogen) atoms. The molecule has 0 saturated heterocycles. The highest BCUT2D eigenvalue weighted by Crippen LogP contribution is 2.40. The van der Waals surface area contributed by atoms with Crippen molar-refractivity contribution in [3.8, 4) is 5.75 Å². The van der Waals surface area contributed by atoms with E-state index in [1.165, 1.54) is 16.7 Å². The Morgan fingerprint density at radius 1 is 0.868 bits per heavy atom. The zero-order chi connectivity index (χ0) is 26.2. The largest absolute Gasteiger partial charge is 0.497 e. The monoisotopic (exact) mass is 515 g/mol. The Morgan fingerprint density at radius 2 is 1.68 bits per heavy atom. The van der Waals surface area contributed by atoms with Gasteiger partial charge in [0.1, 0.15) is 12.0 Å². The third kappa shape index (κ3) is 4.81. The summed E-state index contributed by atoms with van der Waals surface area (Å²) >= 11 is 0. The number of hydrogen-bond donors (Lipinski definition) is 3. The van der Waals surface area contributed by atoms with Gasteiger partial charge in [0, 0.05) is 22.9 Å². The van der Waals surface area contributed by atoms with Crippen molar-refractivity contribution < 1.29 is 18.9 Å². The summed E-state index contributed by atoms with van der Waals surface area (Å²) in [6, 6.07) is 19.0. The van der Waals surface area contributed by atoms with E-state index in [-0.39, 0.29) is 24.4 Å². The first-order chi connectivity index (χ1) is 18.5. The van der Waals surface area contributed by atoms with Gasteiger partial charge in [-0.3, -0.25) is 5.32 Å². The Kier molecular flexibility index (Phi) is 7.12. The van der Waals surface area contributed by atoms with E-state index in [1.807, 2.05) is 0 Å². The van der Waals surface area contributed by atoms with E-state index in [9.17, 15) is 0 Å². The molecule has 7 nitrogen and oxygen atoms in total. The Balaban J connectivity index is 1.31. The van der Waals surface area contributed by atoms with Crippen molar-refractivity contribution in [1.29, 1.82) is 0 Å². The van der Waals surface area contributed by atoms with Crippen LogP contribution in [0.2, 0.25) is 0 Å². The van der Waals surface area contributed by atoms with Gasteiger partial charge in [0.25, 0.3) is 0 Å². The van der Waals surface area contributed by atoms with Gasteiger partial charge >= 0.3 is 0 Å². The zero-order valence-corrected chi connectivity index (χ0v) is 22.3. The van der Waals surface area contributed by atoms with E-state index in [0.29, 0.717) is 39.0 Å². The number of fused-ring (bicyclic) bond motifs is 3. The van der Waals surface area contributed by atoms with Crippen molar-refractivity contribution >= 4 is 5.69 Å².